The Morgan fingerprint density at radius 1 is 1.09 bits per heavy atom. The van der Waals surface area contributed by atoms with Crippen molar-refractivity contribution in [1.82, 2.24) is 10.6 Å². The zero-order chi connectivity index (χ0) is 16.1. The molecule has 0 unspecified atom stereocenters. The minimum Gasteiger partial charge on any atom is -0.486 e. The molecule has 1 aliphatic heterocycles. The molecule has 0 aliphatic carbocycles. The van der Waals surface area contributed by atoms with E-state index in [0.717, 1.165) is 17.1 Å². The van der Waals surface area contributed by atoms with Gasteiger partial charge in [0.05, 0.1) is 6.04 Å². The summed E-state index contributed by atoms with van der Waals surface area (Å²) < 4.78 is 11.2. The Balaban J connectivity index is 1.56. The van der Waals surface area contributed by atoms with Crippen molar-refractivity contribution in [3.05, 3.63) is 59.7 Å². The summed E-state index contributed by atoms with van der Waals surface area (Å²) in [5, 5.41) is 7.16. The minimum atomic E-state index is 0.0848. The van der Waals surface area contributed by atoms with E-state index >= 15 is 0 Å². The first-order valence-corrected chi connectivity index (χ1v) is 8.11. The monoisotopic (exact) mass is 328 g/mol. The van der Waals surface area contributed by atoms with Gasteiger partial charge in [-0.15, -0.1) is 0 Å². The predicted molar refractivity (Wildman–Crippen MR) is 94.9 cm³/mol. The maximum Gasteiger partial charge on any atom is 0.167 e. The second-order valence-electron chi connectivity index (χ2n) is 5.44. The van der Waals surface area contributed by atoms with Crippen molar-refractivity contribution in [2.75, 3.05) is 13.2 Å². The molecule has 1 aliphatic rings. The van der Waals surface area contributed by atoms with Crippen molar-refractivity contribution in [2.45, 2.75) is 19.5 Å². The average molecular weight is 328 g/mol. The number of nitrogens with one attached hydrogen (secondary N) is 2. The molecule has 1 heterocycles. The fourth-order valence-corrected chi connectivity index (χ4v) is 2.69. The van der Waals surface area contributed by atoms with Gasteiger partial charge in [0.1, 0.15) is 13.2 Å². The largest absolute Gasteiger partial charge is 0.486 e. The van der Waals surface area contributed by atoms with E-state index in [1.807, 2.05) is 36.4 Å². The van der Waals surface area contributed by atoms with Gasteiger partial charge in [-0.2, -0.15) is 0 Å². The molecule has 2 N–H and O–H groups in total. The molecule has 4 nitrogen and oxygen atoms in total. The van der Waals surface area contributed by atoms with Crippen LogP contribution in [-0.4, -0.2) is 18.3 Å². The van der Waals surface area contributed by atoms with E-state index in [2.05, 4.69) is 29.7 Å². The molecule has 0 saturated heterocycles. The summed E-state index contributed by atoms with van der Waals surface area (Å²) in [6.07, 6.45) is 0. The zero-order valence-corrected chi connectivity index (χ0v) is 13.9. The molecule has 23 heavy (non-hydrogen) atoms. The quantitative estimate of drug-likeness (QED) is 0.844. The maximum atomic E-state index is 5.62. The number of rotatable bonds is 4. The number of benzene rings is 2. The molecule has 0 fully saturated rings. The maximum absolute atomic E-state index is 5.62. The number of hydrogen-bond acceptors (Lipinski definition) is 3. The topological polar surface area (TPSA) is 42.5 Å². The highest BCUT2D eigenvalue weighted by molar-refractivity contribution is 7.80. The third-order valence-corrected chi connectivity index (χ3v) is 3.97. The number of fused-ring (bicyclic) bond motifs is 1. The van der Waals surface area contributed by atoms with Gasteiger partial charge in [0.25, 0.3) is 0 Å². The van der Waals surface area contributed by atoms with E-state index in [0.29, 0.717) is 24.9 Å². The lowest BCUT2D eigenvalue weighted by molar-refractivity contribution is 0.171. The highest BCUT2D eigenvalue weighted by Crippen LogP contribution is 2.32. The molecular weight excluding hydrogens is 308 g/mol. The summed E-state index contributed by atoms with van der Waals surface area (Å²) in [5.41, 5.74) is 2.31. The van der Waals surface area contributed by atoms with E-state index in [-0.39, 0.29) is 6.04 Å². The summed E-state index contributed by atoms with van der Waals surface area (Å²) >= 11 is 5.37. The van der Waals surface area contributed by atoms with Crippen molar-refractivity contribution in [3.63, 3.8) is 0 Å². The van der Waals surface area contributed by atoms with Crippen LogP contribution < -0.4 is 20.1 Å². The first kappa shape index (κ1) is 15.6. The van der Waals surface area contributed by atoms with Crippen LogP contribution in [0.1, 0.15) is 24.1 Å². The van der Waals surface area contributed by atoms with Crippen LogP contribution in [0.3, 0.4) is 0 Å². The molecule has 5 heteroatoms. The van der Waals surface area contributed by atoms with Gasteiger partial charge in [0.15, 0.2) is 16.6 Å². The third-order valence-electron chi connectivity index (χ3n) is 3.71. The van der Waals surface area contributed by atoms with Crippen molar-refractivity contribution in [3.8, 4) is 11.5 Å². The molecular formula is C18H20N2O2S. The molecule has 120 valence electrons. The van der Waals surface area contributed by atoms with E-state index in [1.165, 1.54) is 5.56 Å². The Morgan fingerprint density at radius 3 is 2.61 bits per heavy atom. The van der Waals surface area contributed by atoms with Crippen LogP contribution in [-0.2, 0) is 6.54 Å². The molecule has 2 aromatic carbocycles. The van der Waals surface area contributed by atoms with Gasteiger partial charge >= 0.3 is 0 Å². The lowest BCUT2D eigenvalue weighted by Crippen LogP contribution is -2.36. The van der Waals surface area contributed by atoms with E-state index in [1.54, 1.807) is 0 Å². The lowest BCUT2D eigenvalue weighted by atomic mass is 10.1. The molecule has 2 aromatic rings. The van der Waals surface area contributed by atoms with Crippen LogP contribution in [0.5, 0.6) is 11.5 Å². The van der Waals surface area contributed by atoms with Gasteiger partial charge in [-0.25, -0.2) is 0 Å². The normalized spacial score (nSPS) is 14.0. The number of thiocarbonyl (C=S) groups is 1. The summed E-state index contributed by atoms with van der Waals surface area (Å²) in [5.74, 6) is 1.60. The SMILES string of the molecule is C[C@@H](NC(=S)NCc1ccccc1)c1ccc2c(c1)OCCO2. The molecule has 0 bridgehead atoms. The smallest absolute Gasteiger partial charge is 0.167 e. The van der Waals surface area contributed by atoms with Crippen LogP contribution >= 0.6 is 12.2 Å². The fraction of sp³-hybridized carbons (Fsp3) is 0.278. The number of hydrogen-bond donors (Lipinski definition) is 2. The second-order valence-corrected chi connectivity index (χ2v) is 5.85. The molecule has 0 radical (unpaired) electrons. The van der Waals surface area contributed by atoms with Gasteiger partial charge in [-0.3, -0.25) is 0 Å². The van der Waals surface area contributed by atoms with Crippen molar-refractivity contribution >= 4 is 17.3 Å². The van der Waals surface area contributed by atoms with Gasteiger partial charge in [-0.1, -0.05) is 36.4 Å². The van der Waals surface area contributed by atoms with E-state index in [9.17, 15) is 0 Å². The van der Waals surface area contributed by atoms with Gasteiger partial charge in [-0.05, 0) is 42.4 Å². The molecule has 0 amide bonds. The zero-order valence-electron chi connectivity index (χ0n) is 13.0. The van der Waals surface area contributed by atoms with E-state index < -0.39 is 0 Å². The summed E-state index contributed by atoms with van der Waals surface area (Å²) in [6, 6.07) is 16.3. The van der Waals surface area contributed by atoms with Gasteiger partial charge < -0.3 is 20.1 Å². The standard InChI is InChI=1S/C18H20N2O2S/c1-13(15-7-8-16-17(11-15)22-10-9-21-16)20-18(23)19-12-14-5-3-2-4-6-14/h2-8,11,13H,9-10,12H2,1H3,(H2,19,20,23)/t13-/m1/s1. The van der Waals surface area contributed by atoms with Crippen molar-refractivity contribution in [2.24, 2.45) is 0 Å². The Hall–Kier alpha value is -2.27. The highest BCUT2D eigenvalue weighted by atomic mass is 32.1. The summed E-state index contributed by atoms with van der Waals surface area (Å²) in [7, 11) is 0. The molecule has 1 atom stereocenters. The number of ether oxygens (including phenoxy) is 2. The summed E-state index contributed by atoms with van der Waals surface area (Å²) in [6.45, 7) is 3.98. The first-order valence-electron chi connectivity index (χ1n) is 7.70. The Labute approximate surface area is 141 Å². The van der Waals surface area contributed by atoms with Crippen LogP contribution in [0, 0.1) is 0 Å². The first-order chi connectivity index (χ1) is 11.2. The Kier molecular flexibility index (Phi) is 4.98. The van der Waals surface area contributed by atoms with Crippen LogP contribution in [0.25, 0.3) is 0 Å². The van der Waals surface area contributed by atoms with E-state index in [4.69, 9.17) is 21.7 Å². The van der Waals surface area contributed by atoms with Gasteiger partial charge in [0.2, 0.25) is 0 Å². The van der Waals surface area contributed by atoms with Crippen LogP contribution in [0.4, 0.5) is 0 Å². The van der Waals surface area contributed by atoms with Crippen LogP contribution in [0.2, 0.25) is 0 Å². The minimum absolute atomic E-state index is 0.0848. The average Bonchev–Trinajstić information content (AvgIpc) is 2.60. The lowest BCUT2D eigenvalue weighted by Gasteiger charge is -2.22. The highest BCUT2D eigenvalue weighted by Gasteiger charge is 2.14. The molecule has 0 saturated carbocycles. The summed E-state index contributed by atoms with van der Waals surface area (Å²) in [4.78, 5) is 0. The van der Waals surface area contributed by atoms with Gasteiger partial charge in [0, 0.05) is 6.54 Å². The Bertz CT molecular complexity index is 676. The molecule has 0 aromatic heterocycles. The Morgan fingerprint density at radius 2 is 1.83 bits per heavy atom. The molecule has 3 rings (SSSR count). The van der Waals surface area contributed by atoms with Crippen molar-refractivity contribution in [1.29, 1.82) is 0 Å². The fourth-order valence-electron chi connectivity index (χ4n) is 2.44. The second kappa shape index (κ2) is 7.33. The third kappa shape index (κ3) is 4.13. The predicted octanol–water partition coefficient (Wildman–Crippen LogP) is 3.18. The van der Waals surface area contributed by atoms with Crippen LogP contribution in [0.15, 0.2) is 48.5 Å². The molecule has 0 spiro atoms. The van der Waals surface area contributed by atoms with Crippen molar-refractivity contribution < 1.29 is 9.47 Å².